The van der Waals surface area contributed by atoms with Gasteiger partial charge in [0.2, 0.25) is 0 Å². The molecule has 0 unspecified atom stereocenters. The minimum atomic E-state index is -0.491. The molecule has 0 bridgehead atoms. The van der Waals surface area contributed by atoms with Crippen molar-refractivity contribution < 1.29 is 9.84 Å². The summed E-state index contributed by atoms with van der Waals surface area (Å²) in [6.07, 6.45) is 1.72. The van der Waals surface area contributed by atoms with Gasteiger partial charge in [-0.05, 0) is 32.5 Å². The predicted octanol–water partition coefficient (Wildman–Crippen LogP) is 0.0692. The number of piperidine rings is 1. The number of methoxy groups -OCH3 is 1. The summed E-state index contributed by atoms with van der Waals surface area (Å²) in [5.74, 6) is 0. The van der Waals surface area contributed by atoms with Crippen LogP contribution in [0.3, 0.4) is 0 Å². The quantitative estimate of drug-likeness (QED) is 0.659. The van der Waals surface area contributed by atoms with Gasteiger partial charge in [0.15, 0.2) is 0 Å². The highest BCUT2D eigenvalue weighted by Crippen LogP contribution is 2.19. The van der Waals surface area contributed by atoms with E-state index in [1.165, 1.54) is 0 Å². The topological polar surface area (TPSA) is 44.7 Å². The highest BCUT2D eigenvalue weighted by atomic mass is 16.5. The first-order valence-electron chi connectivity index (χ1n) is 5.84. The molecule has 1 rings (SSSR count). The fraction of sp³-hybridized carbons (Fsp3) is 1.00. The number of aliphatic hydroxyl groups is 1. The predicted molar refractivity (Wildman–Crippen MR) is 61.0 cm³/mol. The molecule has 4 heteroatoms. The van der Waals surface area contributed by atoms with Gasteiger partial charge in [-0.25, -0.2) is 0 Å². The summed E-state index contributed by atoms with van der Waals surface area (Å²) in [5, 5.41) is 13.6. The summed E-state index contributed by atoms with van der Waals surface area (Å²) in [4.78, 5) is 2.26. The minimum absolute atomic E-state index is 0.491. The van der Waals surface area contributed by atoms with E-state index in [4.69, 9.17) is 4.74 Å². The van der Waals surface area contributed by atoms with Crippen LogP contribution in [0.25, 0.3) is 0 Å². The average molecular weight is 216 g/mol. The third-order valence-electron chi connectivity index (χ3n) is 3.11. The molecule has 0 aromatic rings. The lowest BCUT2D eigenvalue weighted by atomic mass is 9.92. The van der Waals surface area contributed by atoms with Crippen LogP contribution in [0.2, 0.25) is 0 Å². The number of nitrogens with zero attached hydrogens (tertiary/aromatic N) is 1. The summed E-state index contributed by atoms with van der Waals surface area (Å²) in [6, 6.07) is 0. The van der Waals surface area contributed by atoms with Gasteiger partial charge in [0.1, 0.15) is 0 Å². The van der Waals surface area contributed by atoms with Crippen molar-refractivity contribution in [1.82, 2.24) is 10.2 Å². The van der Waals surface area contributed by atoms with E-state index in [0.29, 0.717) is 0 Å². The van der Waals surface area contributed by atoms with Crippen LogP contribution in [-0.4, -0.2) is 62.0 Å². The number of hydrogen-bond acceptors (Lipinski definition) is 4. The van der Waals surface area contributed by atoms with Gasteiger partial charge < -0.3 is 15.2 Å². The first-order chi connectivity index (χ1) is 7.20. The van der Waals surface area contributed by atoms with Gasteiger partial charge in [-0.3, -0.25) is 4.90 Å². The van der Waals surface area contributed by atoms with Gasteiger partial charge >= 0.3 is 0 Å². The van der Waals surface area contributed by atoms with E-state index in [9.17, 15) is 5.11 Å². The summed E-state index contributed by atoms with van der Waals surface area (Å²) in [7, 11) is 1.72. The molecule has 90 valence electrons. The van der Waals surface area contributed by atoms with Crippen molar-refractivity contribution in [2.24, 2.45) is 0 Å². The summed E-state index contributed by atoms with van der Waals surface area (Å²) in [5.41, 5.74) is -0.491. The fourth-order valence-electron chi connectivity index (χ4n) is 2.04. The average Bonchev–Trinajstić information content (AvgIpc) is 2.25. The van der Waals surface area contributed by atoms with Crippen molar-refractivity contribution in [3.8, 4) is 0 Å². The molecule has 15 heavy (non-hydrogen) atoms. The summed E-state index contributed by atoms with van der Waals surface area (Å²) >= 11 is 0. The Bertz CT molecular complexity index is 170. The lowest BCUT2D eigenvalue weighted by Crippen LogP contribution is -2.50. The van der Waals surface area contributed by atoms with Crippen LogP contribution >= 0.6 is 0 Å². The highest BCUT2D eigenvalue weighted by molar-refractivity contribution is 4.87. The highest BCUT2D eigenvalue weighted by Gasteiger charge is 2.30. The zero-order valence-corrected chi connectivity index (χ0v) is 9.96. The molecule has 1 fully saturated rings. The molecule has 0 aliphatic carbocycles. The largest absolute Gasteiger partial charge is 0.388 e. The van der Waals surface area contributed by atoms with Crippen LogP contribution in [0.1, 0.15) is 19.8 Å². The first-order valence-corrected chi connectivity index (χ1v) is 5.84. The maximum absolute atomic E-state index is 10.3. The number of nitrogens with one attached hydrogen (secondary N) is 1. The zero-order valence-electron chi connectivity index (χ0n) is 9.96. The van der Waals surface area contributed by atoms with Crippen molar-refractivity contribution in [2.75, 3.05) is 46.4 Å². The van der Waals surface area contributed by atoms with E-state index in [0.717, 1.165) is 52.2 Å². The Morgan fingerprint density at radius 3 is 2.60 bits per heavy atom. The Morgan fingerprint density at radius 1 is 1.40 bits per heavy atom. The molecule has 1 saturated heterocycles. The third kappa shape index (κ3) is 4.47. The van der Waals surface area contributed by atoms with Gasteiger partial charge in [-0.15, -0.1) is 0 Å². The molecule has 1 heterocycles. The van der Waals surface area contributed by atoms with Gasteiger partial charge in [0.05, 0.1) is 12.2 Å². The normalized spacial score (nSPS) is 20.8. The van der Waals surface area contributed by atoms with Crippen LogP contribution in [0, 0.1) is 0 Å². The van der Waals surface area contributed by atoms with E-state index in [2.05, 4.69) is 17.1 Å². The van der Waals surface area contributed by atoms with E-state index in [1.807, 2.05) is 0 Å². The van der Waals surface area contributed by atoms with Crippen molar-refractivity contribution in [3.63, 3.8) is 0 Å². The molecule has 0 aromatic heterocycles. The number of ether oxygens (including phenoxy) is 1. The Labute approximate surface area is 92.6 Å². The van der Waals surface area contributed by atoms with Gasteiger partial charge in [0, 0.05) is 20.2 Å². The van der Waals surface area contributed by atoms with Crippen molar-refractivity contribution in [3.05, 3.63) is 0 Å². The molecule has 4 nitrogen and oxygen atoms in total. The second-order valence-corrected chi connectivity index (χ2v) is 4.34. The minimum Gasteiger partial charge on any atom is -0.388 e. The molecule has 0 atom stereocenters. The van der Waals surface area contributed by atoms with E-state index >= 15 is 0 Å². The van der Waals surface area contributed by atoms with Crippen LogP contribution < -0.4 is 5.32 Å². The molecule has 0 amide bonds. The summed E-state index contributed by atoms with van der Waals surface area (Å²) in [6.45, 7) is 7.37. The van der Waals surface area contributed by atoms with Crippen molar-refractivity contribution >= 4 is 0 Å². The fourth-order valence-corrected chi connectivity index (χ4v) is 2.04. The molecule has 2 N–H and O–H groups in total. The molecular weight excluding hydrogens is 192 g/mol. The maximum Gasteiger partial charge on any atom is 0.0798 e. The van der Waals surface area contributed by atoms with E-state index in [1.54, 1.807) is 7.11 Å². The second-order valence-electron chi connectivity index (χ2n) is 4.34. The third-order valence-corrected chi connectivity index (χ3v) is 3.11. The van der Waals surface area contributed by atoms with Crippen LogP contribution in [0.4, 0.5) is 0 Å². The lowest BCUT2D eigenvalue weighted by Gasteiger charge is -2.36. The molecule has 0 aromatic carbocycles. The van der Waals surface area contributed by atoms with Crippen LogP contribution in [-0.2, 0) is 4.74 Å². The smallest absolute Gasteiger partial charge is 0.0798 e. The van der Waals surface area contributed by atoms with Gasteiger partial charge in [0.25, 0.3) is 0 Å². The standard InChI is InChI=1S/C11H24N2O2/c1-3-13(8-9-15-2)10-11(14)4-6-12-7-5-11/h12,14H,3-10H2,1-2H3. The maximum atomic E-state index is 10.3. The Hall–Kier alpha value is -0.160. The Balaban J connectivity index is 2.34. The molecular formula is C11H24N2O2. The molecule has 1 aliphatic rings. The second kappa shape index (κ2) is 6.43. The SMILES string of the molecule is CCN(CCOC)CC1(O)CCNCC1. The zero-order chi connectivity index (χ0) is 11.1. The van der Waals surface area contributed by atoms with Crippen LogP contribution in [0.15, 0.2) is 0 Å². The Kier molecular flexibility index (Phi) is 5.53. The molecule has 1 aliphatic heterocycles. The molecule has 0 radical (unpaired) electrons. The van der Waals surface area contributed by atoms with Gasteiger partial charge in [-0.1, -0.05) is 6.92 Å². The van der Waals surface area contributed by atoms with Gasteiger partial charge in [-0.2, -0.15) is 0 Å². The van der Waals surface area contributed by atoms with E-state index < -0.39 is 5.60 Å². The van der Waals surface area contributed by atoms with E-state index in [-0.39, 0.29) is 0 Å². The van der Waals surface area contributed by atoms with Crippen molar-refractivity contribution in [2.45, 2.75) is 25.4 Å². The first kappa shape index (κ1) is 12.9. The number of likely N-dealkylation sites (N-methyl/N-ethyl adjacent to an activating group) is 1. The lowest BCUT2D eigenvalue weighted by molar-refractivity contribution is -0.0236. The van der Waals surface area contributed by atoms with Crippen LogP contribution in [0.5, 0.6) is 0 Å². The molecule has 0 spiro atoms. The number of hydrogen-bond donors (Lipinski definition) is 2. The van der Waals surface area contributed by atoms with Crippen molar-refractivity contribution in [1.29, 1.82) is 0 Å². The Morgan fingerprint density at radius 2 is 2.07 bits per heavy atom. The molecule has 0 saturated carbocycles. The summed E-state index contributed by atoms with van der Waals surface area (Å²) < 4.78 is 5.06. The monoisotopic (exact) mass is 216 g/mol. The number of rotatable bonds is 6.